The summed E-state index contributed by atoms with van der Waals surface area (Å²) in [7, 11) is 0. The molecule has 0 rings (SSSR count). The largest absolute Gasteiger partial charge is 0.480 e. The summed E-state index contributed by atoms with van der Waals surface area (Å²) in [6.45, 7) is 4.57. The molecule has 0 saturated carbocycles. The molecule has 11 heavy (non-hydrogen) atoms. The SMILES string of the molecule is C#CCN(CC)[C@H](C)C(=O)O. The zero-order valence-electron chi connectivity index (χ0n) is 6.87. The van der Waals surface area contributed by atoms with Gasteiger partial charge in [0, 0.05) is 0 Å². The third-order valence-corrected chi connectivity index (χ3v) is 1.61. The third kappa shape index (κ3) is 3.06. The maximum absolute atomic E-state index is 10.5. The number of hydrogen-bond donors (Lipinski definition) is 1. The fourth-order valence-electron chi connectivity index (χ4n) is 0.796. The van der Waals surface area contributed by atoms with Gasteiger partial charge in [-0.05, 0) is 13.5 Å². The summed E-state index contributed by atoms with van der Waals surface area (Å²) in [4.78, 5) is 12.2. The second kappa shape index (κ2) is 4.75. The zero-order valence-corrected chi connectivity index (χ0v) is 6.87. The van der Waals surface area contributed by atoms with Crippen LogP contribution >= 0.6 is 0 Å². The van der Waals surface area contributed by atoms with Gasteiger partial charge in [0.15, 0.2) is 0 Å². The quantitative estimate of drug-likeness (QED) is 0.598. The number of likely N-dealkylation sites (N-methyl/N-ethyl adjacent to an activating group) is 1. The van der Waals surface area contributed by atoms with Crippen LogP contribution < -0.4 is 0 Å². The molecule has 0 aliphatic heterocycles. The first-order valence-corrected chi connectivity index (χ1v) is 3.53. The molecule has 0 fully saturated rings. The van der Waals surface area contributed by atoms with Crippen LogP contribution in [0.2, 0.25) is 0 Å². The van der Waals surface area contributed by atoms with Crippen molar-refractivity contribution in [3.63, 3.8) is 0 Å². The van der Waals surface area contributed by atoms with Crippen LogP contribution in [-0.4, -0.2) is 35.1 Å². The molecule has 0 spiro atoms. The van der Waals surface area contributed by atoms with Gasteiger partial charge in [0.05, 0.1) is 6.54 Å². The van der Waals surface area contributed by atoms with Crippen molar-refractivity contribution in [3.8, 4) is 12.3 Å². The van der Waals surface area contributed by atoms with Crippen molar-refractivity contribution < 1.29 is 9.90 Å². The molecule has 3 heteroatoms. The predicted octanol–water partition coefficient (Wildman–Crippen LogP) is 0.415. The van der Waals surface area contributed by atoms with E-state index in [-0.39, 0.29) is 0 Å². The van der Waals surface area contributed by atoms with E-state index in [9.17, 15) is 4.79 Å². The number of carboxylic acid groups (broad SMARTS) is 1. The van der Waals surface area contributed by atoms with Gasteiger partial charge in [-0.1, -0.05) is 12.8 Å². The van der Waals surface area contributed by atoms with Crippen molar-refractivity contribution in [3.05, 3.63) is 0 Å². The van der Waals surface area contributed by atoms with E-state index in [1.165, 1.54) is 0 Å². The van der Waals surface area contributed by atoms with E-state index >= 15 is 0 Å². The van der Waals surface area contributed by atoms with Crippen molar-refractivity contribution in [1.29, 1.82) is 0 Å². The highest BCUT2D eigenvalue weighted by molar-refractivity contribution is 5.72. The molecule has 0 aromatic carbocycles. The molecule has 0 unspecified atom stereocenters. The Kier molecular flexibility index (Phi) is 4.32. The molecule has 0 saturated heterocycles. The first-order chi connectivity index (χ1) is 5.13. The molecule has 0 aliphatic carbocycles. The summed E-state index contributed by atoms with van der Waals surface area (Å²) in [5.41, 5.74) is 0. The van der Waals surface area contributed by atoms with E-state index < -0.39 is 12.0 Å². The average Bonchev–Trinajstić information content (AvgIpc) is 1.98. The van der Waals surface area contributed by atoms with E-state index in [2.05, 4.69) is 5.92 Å². The summed E-state index contributed by atoms with van der Waals surface area (Å²) in [5, 5.41) is 8.60. The van der Waals surface area contributed by atoms with Crippen LogP contribution in [0.15, 0.2) is 0 Å². The Morgan fingerprint density at radius 3 is 2.64 bits per heavy atom. The van der Waals surface area contributed by atoms with Crippen LogP contribution in [0, 0.1) is 12.3 Å². The van der Waals surface area contributed by atoms with Gasteiger partial charge < -0.3 is 5.11 Å². The summed E-state index contributed by atoms with van der Waals surface area (Å²) in [6.07, 6.45) is 5.06. The molecule has 62 valence electrons. The summed E-state index contributed by atoms with van der Waals surface area (Å²) in [5.74, 6) is 1.59. The zero-order chi connectivity index (χ0) is 8.85. The molecule has 1 atom stereocenters. The van der Waals surface area contributed by atoms with Crippen LogP contribution in [0.1, 0.15) is 13.8 Å². The van der Waals surface area contributed by atoms with Crippen LogP contribution in [0.3, 0.4) is 0 Å². The van der Waals surface area contributed by atoms with Gasteiger partial charge in [0.1, 0.15) is 6.04 Å². The highest BCUT2D eigenvalue weighted by Gasteiger charge is 2.17. The van der Waals surface area contributed by atoms with Gasteiger partial charge in [-0.3, -0.25) is 9.69 Å². The minimum absolute atomic E-state index is 0.393. The van der Waals surface area contributed by atoms with Gasteiger partial charge in [0.25, 0.3) is 0 Å². The molecule has 3 nitrogen and oxygen atoms in total. The molecular weight excluding hydrogens is 142 g/mol. The van der Waals surface area contributed by atoms with Crippen molar-refractivity contribution >= 4 is 5.97 Å². The number of nitrogens with zero attached hydrogens (tertiary/aromatic N) is 1. The Labute approximate surface area is 67.0 Å². The number of carbonyl (C=O) groups is 1. The van der Waals surface area contributed by atoms with Gasteiger partial charge in [-0.15, -0.1) is 6.42 Å². The van der Waals surface area contributed by atoms with Crippen LogP contribution in [-0.2, 0) is 4.79 Å². The van der Waals surface area contributed by atoms with Gasteiger partial charge in [-0.2, -0.15) is 0 Å². The number of carboxylic acids is 1. The summed E-state index contributed by atoms with van der Waals surface area (Å²) < 4.78 is 0. The van der Waals surface area contributed by atoms with E-state index in [4.69, 9.17) is 11.5 Å². The van der Waals surface area contributed by atoms with Gasteiger partial charge in [0.2, 0.25) is 0 Å². The lowest BCUT2D eigenvalue weighted by atomic mass is 10.3. The monoisotopic (exact) mass is 155 g/mol. The molecule has 0 bridgehead atoms. The molecule has 0 aliphatic rings. The smallest absolute Gasteiger partial charge is 0.320 e. The predicted molar refractivity (Wildman–Crippen MR) is 43.2 cm³/mol. The molecule has 0 amide bonds. The average molecular weight is 155 g/mol. The lowest BCUT2D eigenvalue weighted by Gasteiger charge is -2.21. The van der Waals surface area contributed by atoms with E-state index in [0.29, 0.717) is 13.1 Å². The number of terminal acetylenes is 1. The molecule has 0 aromatic heterocycles. The van der Waals surface area contributed by atoms with Crippen molar-refractivity contribution in [1.82, 2.24) is 4.90 Å². The second-order valence-corrected chi connectivity index (χ2v) is 2.28. The number of aliphatic carboxylic acids is 1. The molecule has 0 heterocycles. The minimum Gasteiger partial charge on any atom is -0.480 e. The maximum atomic E-state index is 10.5. The minimum atomic E-state index is -0.831. The standard InChI is InChI=1S/C8H13NO2/c1-4-6-9(5-2)7(3)8(10)11/h1,7H,5-6H2,2-3H3,(H,10,11)/t7-/m1/s1. The number of hydrogen-bond acceptors (Lipinski definition) is 2. The van der Waals surface area contributed by atoms with Crippen molar-refractivity contribution in [2.24, 2.45) is 0 Å². The van der Waals surface area contributed by atoms with Gasteiger partial charge >= 0.3 is 5.97 Å². The fourth-order valence-corrected chi connectivity index (χ4v) is 0.796. The highest BCUT2D eigenvalue weighted by Crippen LogP contribution is 1.96. The molecular formula is C8H13NO2. The lowest BCUT2D eigenvalue weighted by Crippen LogP contribution is -2.38. The molecule has 1 N–H and O–H groups in total. The third-order valence-electron chi connectivity index (χ3n) is 1.61. The van der Waals surface area contributed by atoms with Crippen LogP contribution in [0.25, 0.3) is 0 Å². The van der Waals surface area contributed by atoms with Crippen molar-refractivity contribution in [2.75, 3.05) is 13.1 Å². The molecule has 0 radical (unpaired) electrons. The summed E-state index contributed by atoms with van der Waals surface area (Å²) >= 11 is 0. The molecule has 0 aromatic rings. The van der Waals surface area contributed by atoms with E-state index in [0.717, 1.165) is 0 Å². The maximum Gasteiger partial charge on any atom is 0.320 e. The second-order valence-electron chi connectivity index (χ2n) is 2.28. The fraction of sp³-hybridized carbons (Fsp3) is 0.625. The lowest BCUT2D eigenvalue weighted by molar-refractivity contribution is -0.142. The summed E-state index contributed by atoms with van der Waals surface area (Å²) in [6, 6.07) is -0.490. The van der Waals surface area contributed by atoms with Crippen LogP contribution in [0.4, 0.5) is 0 Å². The van der Waals surface area contributed by atoms with E-state index in [1.807, 2.05) is 6.92 Å². The topological polar surface area (TPSA) is 40.5 Å². The first-order valence-electron chi connectivity index (χ1n) is 3.53. The Balaban J connectivity index is 4.04. The van der Waals surface area contributed by atoms with Gasteiger partial charge in [-0.25, -0.2) is 0 Å². The Hall–Kier alpha value is -1.01. The first kappa shape index (κ1) is 9.99. The van der Waals surface area contributed by atoms with E-state index in [1.54, 1.807) is 11.8 Å². The van der Waals surface area contributed by atoms with Crippen molar-refractivity contribution in [2.45, 2.75) is 19.9 Å². The van der Waals surface area contributed by atoms with Crippen LogP contribution in [0.5, 0.6) is 0 Å². The Bertz CT molecular complexity index is 171. The number of rotatable bonds is 4. The normalized spacial score (nSPS) is 12.5. The Morgan fingerprint density at radius 2 is 2.36 bits per heavy atom. The highest BCUT2D eigenvalue weighted by atomic mass is 16.4. The Morgan fingerprint density at radius 1 is 1.82 bits per heavy atom.